The van der Waals surface area contributed by atoms with E-state index >= 15 is 0 Å². The number of benzene rings is 1. The third-order valence-electron chi connectivity index (χ3n) is 9.43. The van der Waals surface area contributed by atoms with Crippen molar-refractivity contribution in [3.8, 4) is 5.75 Å². The van der Waals surface area contributed by atoms with Gasteiger partial charge in [0.25, 0.3) is 5.91 Å². The van der Waals surface area contributed by atoms with Crippen LogP contribution in [0.1, 0.15) is 61.9 Å². The van der Waals surface area contributed by atoms with Gasteiger partial charge in [-0.2, -0.15) is 0 Å². The summed E-state index contributed by atoms with van der Waals surface area (Å²) < 4.78 is 11.4. The van der Waals surface area contributed by atoms with Crippen molar-refractivity contribution in [2.24, 2.45) is 5.92 Å². The summed E-state index contributed by atoms with van der Waals surface area (Å²) >= 11 is 0. The van der Waals surface area contributed by atoms with Crippen LogP contribution in [-0.4, -0.2) is 85.8 Å². The minimum atomic E-state index is 0.0611. The number of morpholine rings is 1. The topological polar surface area (TPSA) is 70.2 Å². The van der Waals surface area contributed by atoms with Crippen LogP contribution in [0.3, 0.4) is 0 Å². The molecule has 2 fully saturated rings. The number of likely N-dealkylation sites (tertiary alicyclic amines) is 1. The smallest absolute Gasteiger partial charge is 0.253 e. The van der Waals surface area contributed by atoms with Gasteiger partial charge in [0.1, 0.15) is 12.4 Å². The van der Waals surface area contributed by atoms with Crippen LogP contribution in [-0.2, 0) is 22.5 Å². The van der Waals surface area contributed by atoms with Gasteiger partial charge in [-0.25, -0.2) is 0 Å². The van der Waals surface area contributed by atoms with E-state index < -0.39 is 0 Å². The Morgan fingerprint density at radius 3 is 2.85 bits per heavy atom. The summed E-state index contributed by atoms with van der Waals surface area (Å²) in [7, 11) is 0. The van der Waals surface area contributed by atoms with Crippen LogP contribution in [0.5, 0.6) is 5.75 Å². The highest BCUT2D eigenvalue weighted by molar-refractivity contribution is 5.95. The second-order valence-corrected chi connectivity index (χ2v) is 11.8. The molecule has 2 saturated heterocycles. The summed E-state index contributed by atoms with van der Waals surface area (Å²) in [6, 6.07) is 11.0. The second kappa shape index (κ2) is 13.0. The Balaban J connectivity index is 1.17. The Morgan fingerprint density at radius 2 is 2.00 bits per heavy atom. The maximum Gasteiger partial charge on any atom is 0.253 e. The van der Waals surface area contributed by atoms with Crippen LogP contribution in [0.2, 0.25) is 0 Å². The van der Waals surface area contributed by atoms with Crippen molar-refractivity contribution in [3.05, 3.63) is 53.3 Å². The van der Waals surface area contributed by atoms with Gasteiger partial charge in [-0.15, -0.1) is 0 Å². The molecule has 4 aliphatic rings. The molecule has 0 saturated carbocycles. The van der Waals surface area contributed by atoms with Crippen molar-refractivity contribution >= 4 is 11.6 Å². The Bertz CT molecular complexity index is 1150. The molecule has 0 unspecified atom stereocenters. The first kappa shape index (κ1) is 27.6. The number of rotatable bonds is 9. The van der Waals surface area contributed by atoms with Crippen molar-refractivity contribution in [2.45, 2.75) is 64.1 Å². The van der Waals surface area contributed by atoms with E-state index in [1.165, 1.54) is 56.4 Å². The molecular weight excluding hydrogens is 502 g/mol. The lowest BCUT2D eigenvalue weighted by Crippen LogP contribution is -2.48. The summed E-state index contributed by atoms with van der Waals surface area (Å²) in [6.45, 7) is 10.9. The van der Waals surface area contributed by atoms with Gasteiger partial charge < -0.3 is 24.6 Å². The Hall–Kier alpha value is -2.52. The first-order chi connectivity index (χ1) is 19.7. The van der Waals surface area contributed by atoms with E-state index in [9.17, 15) is 4.79 Å². The summed E-state index contributed by atoms with van der Waals surface area (Å²) in [6.07, 6.45) is 8.97. The number of hydrogen-bond donors (Lipinski definition) is 1. The van der Waals surface area contributed by atoms with Crippen molar-refractivity contribution in [1.29, 1.82) is 0 Å². The maximum absolute atomic E-state index is 12.7. The highest BCUT2D eigenvalue weighted by Gasteiger charge is 2.32. The van der Waals surface area contributed by atoms with Crippen molar-refractivity contribution in [1.82, 2.24) is 20.1 Å². The Morgan fingerprint density at radius 1 is 1.10 bits per heavy atom. The molecule has 8 nitrogen and oxygen atoms in total. The number of carbonyl (C=O) groups is 1. The highest BCUT2D eigenvalue weighted by Crippen LogP contribution is 2.36. The number of carbonyl (C=O) groups excluding carboxylic acids is 1. The SMILES string of the molecule is CCN1CCC(CCCN(C[C@H]2Cc3c(cccc3N3CCOCC3=O)CN2)[C@H]2CCOc3cccnc32)CC1. The van der Waals surface area contributed by atoms with Gasteiger partial charge in [-0.05, 0) is 93.5 Å². The molecule has 2 aromatic rings. The van der Waals surface area contributed by atoms with Crippen molar-refractivity contribution in [3.63, 3.8) is 0 Å². The molecule has 0 aliphatic carbocycles. The summed E-state index contributed by atoms with van der Waals surface area (Å²) in [4.78, 5) is 24.7. The van der Waals surface area contributed by atoms with Gasteiger partial charge in [-0.3, -0.25) is 14.7 Å². The molecule has 2 atom stereocenters. The molecule has 1 aromatic carbocycles. The first-order valence-corrected chi connectivity index (χ1v) is 15.5. The van der Waals surface area contributed by atoms with Crippen LogP contribution in [0.4, 0.5) is 5.69 Å². The molecule has 1 amide bonds. The molecule has 0 radical (unpaired) electrons. The monoisotopic (exact) mass is 547 g/mol. The number of fused-ring (bicyclic) bond motifs is 2. The predicted octanol–water partition coefficient (Wildman–Crippen LogP) is 3.80. The van der Waals surface area contributed by atoms with E-state index in [1.54, 1.807) is 0 Å². The van der Waals surface area contributed by atoms with Gasteiger partial charge in [0.05, 0.1) is 24.9 Å². The molecule has 40 heavy (non-hydrogen) atoms. The number of ether oxygens (including phenoxy) is 2. The van der Waals surface area contributed by atoms with Gasteiger partial charge in [-0.1, -0.05) is 19.1 Å². The molecule has 6 rings (SSSR count). The van der Waals surface area contributed by atoms with Crippen molar-refractivity contribution < 1.29 is 14.3 Å². The molecule has 1 N–H and O–H groups in total. The minimum absolute atomic E-state index is 0.0611. The number of aromatic nitrogens is 1. The molecule has 1 aromatic heterocycles. The van der Waals surface area contributed by atoms with E-state index in [0.717, 1.165) is 62.1 Å². The van der Waals surface area contributed by atoms with Gasteiger partial charge in [0.2, 0.25) is 0 Å². The van der Waals surface area contributed by atoms with Crippen molar-refractivity contribution in [2.75, 3.05) is 64.0 Å². The molecule has 8 heteroatoms. The van der Waals surface area contributed by atoms with Crippen LogP contribution in [0, 0.1) is 5.92 Å². The number of hydrogen-bond acceptors (Lipinski definition) is 7. The van der Waals surface area contributed by atoms with E-state index in [1.807, 2.05) is 17.2 Å². The van der Waals surface area contributed by atoms with Crippen LogP contribution >= 0.6 is 0 Å². The van der Waals surface area contributed by atoms with Crippen LogP contribution in [0.15, 0.2) is 36.5 Å². The van der Waals surface area contributed by atoms with E-state index in [0.29, 0.717) is 19.2 Å². The fourth-order valence-corrected chi connectivity index (χ4v) is 7.13. The summed E-state index contributed by atoms with van der Waals surface area (Å²) in [5.74, 6) is 1.84. The fraction of sp³-hybridized carbons (Fsp3) is 0.625. The lowest BCUT2D eigenvalue weighted by molar-refractivity contribution is -0.125. The standard InChI is InChI=1S/C32H45N5O3/c1-2-35-15-10-24(11-16-35)6-5-14-36(29-12-18-40-30-9-4-13-33-32(29)30)22-26-20-27-25(21-34-26)7-3-8-28(27)37-17-19-39-23-31(37)38/h3-4,7-9,13,24,26,29,34H,2,5-6,10-12,14-23H2,1H3/t26-,29+/m1/s1. The molecular formula is C32H45N5O3. The zero-order valence-corrected chi connectivity index (χ0v) is 24.0. The van der Waals surface area contributed by atoms with Crippen LogP contribution < -0.4 is 15.0 Å². The predicted molar refractivity (Wildman–Crippen MR) is 157 cm³/mol. The fourth-order valence-electron chi connectivity index (χ4n) is 7.13. The third kappa shape index (κ3) is 6.20. The van der Waals surface area contributed by atoms with Gasteiger partial charge >= 0.3 is 0 Å². The average Bonchev–Trinajstić information content (AvgIpc) is 3.00. The third-order valence-corrected chi connectivity index (χ3v) is 9.43. The number of nitrogens with one attached hydrogen (secondary N) is 1. The number of anilines is 1. The molecule has 0 bridgehead atoms. The van der Waals surface area contributed by atoms with E-state index in [4.69, 9.17) is 14.5 Å². The number of amides is 1. The largest absolute Gasteiger partial charge is 0.492 e. The lowest BCUT2D eigenvalue weighted by atomic mass is 9.91. The zero-order valence-electron chi connectivity index (χ0n) is 24.0. The molecule has 4 aliphatic heterocycles. The van der Waals surface area contributed by atoms with Gasteiger partial charge in [0.15, 0.2) is 0 Å². The lowest BCUT2D eigenvalue weighted by Gasteiger charge is -2.39. The summed E-state index contributed by atoms with van der Waals surface area (Å²) in [5.41, 5.74) is 4.77. The second-order valence-electron chi connectivity index (χ2n) is 11.8. The Kier molecular flexibility index (Phi) is 8.97. The Labute approximate surface area is 239 Å². The number of piperidine rings is 1. The van der Waals surface area contributed by atoms with Crippen LogP contribution in [0.25, 0.3) is 0 Å². The average molecular weight is 548 g/mol. The first-order valence-electron chi connectivity index (χ1n) is 15.5. The van der Waals surface area contributed by atoms with E-state index in [2.05, 4.69) is 46.3 Å². The maximum atomic E-state index is 12.7. The zero-order chi connectivity index (χ0) is 27.3. The normalized spacial score (nSPS) is 24.1. The number of pyridine rings is 1. The quantitative estimate of drug-likeness (QED) is 0.512. The molecule has 5 heterocycles. The molecule has 216 valence electrons. The minimum Gasteiger partial charge on any atom is -0.492 e. The molecule has 0 spiro atoms. The highest BCUT2D eigenvalue weighted by atomic mass is 16.5. The van der Waals surface area contributed by atoms with E-state index in [-0.39, 0.29) is 18.6 Å². The number of nitrogens with zero attached hydrogens (tertiary/aromatic N) is 4. The van der Waals surface area contributed by atoms with Gasteiger partial charge in [0, 0.05) is 44.0 Å². The summed E-state index contributed by atoms with van der Waals surface area (Å²) in [5, 5.41) is 3.83.